The van der Waals surface area contributed by atoms with Crippen LogP contribution in [-0.4, -0.2) is 45.9 Å². The highest BCUT2D eigenvalue weighted by Crippen LogP contribution is 2.12. The molecule has 0 spiro atoms. The van der Waals surface area contributed by atoms with E-state index in [1.54, 1.807) is 13.8 Å². The van der Waals surface area contributed by atoms with Crippen molar-refractivity contribution in [2.75, 3.05) is 26.0 Å². The summed E-state index contributed by atoms with van der Waals surface area (Å²) < 4.78 is 28.6. The summed E-state index contributed by atoms with van der Waals surface area (Å²) in [6.45, 7) is 4.08. The van der Waals surface area contributed by atoms with E-state index < -0.39 is 15.4 Å². The van der Waals surface area contributed by atoms with Gasteiger partial charge in [0.2, 0.25) is 0 Å². The summed E-state index contributed by atoms with van der Waals surface area (Å²) in [5.74, 6) is -0.370. The molecule has 0 fully saturated rings. The number of sulfone groups is 1. The molecule has 1 amide bonds. The number of carbonyl (C=O) groups is 1. The fourth-order valence-electron chi connectivity index (χ4n) is 1.53. The molecule has 0 aromatic heterocycles. The molecule has 6 nitrogen and oxygen atoms in total. The molecule has 118 valence electrons. The first-order valence-electron chi connectivity index (χ1n) is 6.54. The Hall–Kier alpha value is -1.44. The van der Waals surface area contributed by atoms with Gasteiger partial charge >= 0.3 is 0 Å². The van der Waals surface area contributed by atoms with Gasteiger partial charge in [0, 0.05) is 24.8 Å². The Balaban J connectivity index is 2.76. The Morgan fingerprint density at radius 1 is 1.29 bits per heavy atom. The lowest BCUT2D eigenvalue weighted by molar-refractivity contribution is 0.0946. The maximum Gasteiger partial charge on any atom is 0.251 e. The summed E-state index contributed by atoms with van der Waals surface area (Å²) in [6, 6.07) is 5.82. The van der Waals surface area contributed by atoms with Crippen molar-refractivity contribution < 1.29 is 17.9 Å². The number of benzene rings is 1. The van der Waals surface area contributed by atoms with Gasteiger partial charge in [-0.2, -0.15) is 0 Å². The first kappa shape index (κ1) is 17.6. The SMILES string of the molecule is COCCS(=O)(=O)c1ccc(C(=O)NCC(C)(C)N)cc1. The summed E-state index contributed by atoms with van der Waals surface area (Å²) >= 11 is 0. The van der Waals surface area contributed by atoms with E-state index in [1.807, 2.05) is 0 Å². The molecule has 0 aliphatic heterocycles. The summed E-state index contributed by atoms with van der Waals surface area (Å²) in [5.41, 5.74) is 5.68. The molecule has 1 aromatic rings. The molecule has 0 aliphatic carbocycles. The van der Waals surface area contributed by atoms with Crippen LogP contribution >= 0.6 is 0 Å². The number of hydrogen-bond donors (Lipinski definition) is 2. The van der Waals surface area contributed by atoms with E-state index >= 15 is 0 Å². The third kappa shape index (κ3) is 5.82. The summed E-state index contributed by atoms with van der Waals surface area (Å²) in [6.07, 6.45) is 0. The predicted octanol–water partition coefficient (Wildman–Crippen LogP) is 0.574. The van der Waals surface area contributed by atoms with E-state index in [1.165, 1.54) is 31.4 Å². The lowest BCUT2D eigenvalue weighted by Gasteiger charge is -2.18. The Kier molecular flexibility index (Phi) is 5.88. The number of rotatable bonds is 7. The molecule has 0 bridgehead atoms. The monoisotopic (exact) mass is 314 g/mol. The standard InChI is InChI=1S/C14H22N2O4S/c1-14(2,15)10-16-13(17)11-4-6-12(7-5-11)21(18,19)9-8-20-3/h4-7H,8-10,15H2,1-3H3,(H,16,17). The minimum atomic E-state index is -3.38. The van der Waals surface area contributed by atoms with E-state index in [0.29, 0.717) is 12.1 Å². The molecule has 1 rings (SSSR count). The van der Waals surface area contributed by atoms with E-state index in [9.17, 15) is 13.2 Å². The minimum absolute atomic E-state index is 0.0869. The molecule has 0 atom stereocenters. The third-order valence-corrected chi connectivity index (χ3v) is 4.43. The fraction of sp³-hybridized carbons (Fsp3) is 0.500. The van der Waals surface area contributed by atoms with Gasteiger partial charge in [0.25, 0.3) is 5.91 Å². The second kappa shape index (κ2) is 7.02. The summed E-state index contributed by atoms with van der Waals surface area (Å²) in [5, 5.41) is 2.70. The minimum Gasteiger partial charge on any atom is -0.384 e. The van der Waals surface area contributed by atoms with Crippen LogP contribution in [0, 0.1) is 0 Å². The van der Waals surface area contributed by atoms with E-state index in [-0.39, 0.29) is 23.2 Å². The number of nitrogens with one attached hydrogen (secondary N) is 1. The van der Waals surface area contributed by atoms with Gasteiger partial charge in [0.1, 0.15) is 0 Å². The van der Waals surface area contributed by atoms with E-state index in [0.717, 1.165) is 0 Å². The van der Waals surface area contributed by atoms with Gasteiger partial charge in [-0.3, -0.25) is 4.79 Å². The molecule has 7 heteroatoms. The third-order valence-electron chi connectivity index (χ3n) is 2.74. The molecule has 0 saturated heterocycles. The number of carbonyl (C=O) groups excluding carboxylic acids is 1. The van der Waals surface area contributed by atoms with Gasteiger partial charge in [-0.05, 0) is 38.1 Å². The van der Waals surface area contributed by atoms with Crippen LogP contribution in [0.5, 0.6) is 0 Å². The Bertz CT molecular complexity index is 574. The average molecular weight is 314 g/mol. The predicted molar refractivity (Wildman–Crippen MR) is 81.0 cm³/mol. The highest BCUT2D eigenvalue weighted by molar-refractivity contribution is 7.91. The van der Waals surface area contributed by atoms with E-state index in [2.05, 4.69) is 5.32 Å². The maximum absolute atomic E-state index is 11.9. The number of nitrogens with two attached hydrogens (primary N) is 1. The molecule has 0 radical (unpaired) electrons. The first-order chi connectivity index (χ1) is 9.65. The van der Waals surface area contributed by atoms with Crippen LogP contribution in [0.25, 0.3) is 0 Å². The van der Waals surface area contributed by atoms with Crippen molar-refractivity contribution in [3.8, 4) is 0 Å². The summed E-state index contributed by atoms with van der Waals surface area (Å²) in [7, 11) is -1.93. The average Bonchev–Trinajstić information content (AvgIpc) is 2.42. The van der Waals surface area contributed by atoms with Crippen molar-refractivity contribution in [1.29, 1.82) is 0 Å². The number of methoxy groups -OCH3 is 1. The smallest absolute Gasteiger partial charge is 0.251 e. The Labute approximate surface area is 125 Å². The van der Waals surface area contributed by atoms with Crippen LogP contribution < -0.4 is 11.1 Å². The highest BCUT2D eigenvalue weighted by Gasteiger charge is 2.16. The topological polar surface area (TPSA) is 98.5 Å². The van der Waals surface area contributed by atoms with Crippen molar-refractivity contribution in [2.45, 2.75) is 24.3 Å². The van der Waals surface area contributed by atoms with Crippen LogP contribution in [-0.2, 0) is 14.6 Å². The second-order valence-electron chi connectivity index (χ2n) is 5.51. The molecule has 21 heavy (non-hydrogen) atoms. The molecule has 0 saturated carbocycles. The molecule has 3 N–H and O–H groups in total. The van der Waals surface area contributed by atoms with Crippen LogP contribution in [0.4, 0.5) is 0 Å². The van der Waals surface area contributed by atoms with Crippen LogP contribution in [0.15, 0.2) is 29.2 Å². The first-order valence-corrected chi connectivity index (χ1v) is 8.20. The lowest BCUT2D eigenvalue weighted by Crippen LogP contribution is -2.45. The largest absolute Gasteiger partial charge is 0.384 e. The molecular formula is C14H22N2O4S. The van der Waals surface area contributed by atoms with Crippen molar-refractivity contribution in [3.05, 3.63) is 29.8 Å². The van der Waals surface area contributed by atoms with Gasteiger partial charge in [0.15, 0.2) is 9.84 Å². The number of amides is 1. The van der Waals surface area contributed by atoms with Gasteiger partial charge in [-0.1, -0.05) is 0 Å². The second-order valence-corrected chi connectivity index (χ2v) is 7.62. The molecule has 0 unspecified atom stereocenters. The van der Waals surface area contributed by atoms with Crippen molar-refractivity contribution >= 4 is 15.7 Å². The van der Waals surface area contributed by atoms with Gasteiger partial charge in [-0.15, -0.1) is 0 Å². The number of hydrogen-bond acceptors (Lipinski definition) is 5. The molecule has 1 aromatic carbocycles. The zero-order valence-corrected chi connectivity index (χ0v) is 13.4. The lowest BCUT2D eigenvalue weighted by atomic mass is 10.1. The van der Waals surface area contributed by atoms with Gasteiger partial charge < -0.3 is 15.8 Å². The summed E-state index contributed by atoms with van der Waals surface area (Å²) in [4.78, 5) is 12.1. The zero-order chi connectivity index (χ0) is 16.1. The maximum atomic E-state index is 11.9. The van der Waals surface area contributed by atoms with Crippen molar-refractivity contribution in [3.63, 3.8) is 0 Å². The van der Waals surface area contributed by atoms with Crippen molar-refractivity contribution in [2.24, 2.45) is 5.73 Å². The normalized spacial score (nSPS) is 12.2. The molecule has 0 aliphatic rings. The highest BCUT2D eigenvalue weighted by atomic mass is 32.2. The van der Waals surface area contributed by atoms with Gasteiger partial charge in [0.05, 0.1) is 17.3 Å². The quantitative estimate of drug-likeness (QED) is 0.767. The molecule has 0 heterocycles. The fourth-order valence-corrected chi connectivity index (χ4v) is 2.71. The van der Waals surface area contributed by atoms with Crippen LogP contribution in [0.1, 0.15) is 24.2 Å². The van der Waals surface area contributed by atoms with Crippen LogP contribution in [0.2, 0.25) is 0 Å². The number of ether oxygens (including phenoxy) is 1. The zero-order valence-electron chi connectivity index (χ0n) is 12.5. The Morgan fingerprint density at radius 3 is 2.33 bits per heavy atom. The van der Waals surface area contributed by atoms with Gasteiger partial charge in [-0.25, -0.2) is 8.42 Å². The van der Waals surface area contributed by atoms with E-state index in [4.69, 9.17) is 10.5 Å². The van der Waals surface area contributed by atoms with Crippen LogP contribution in [0.3, 0.4) is 0 Å². The Morgan fingerprint density at radius 2 is 1.86 bits per heavy atom. The van der Waals surface area contributed by atoms with Crippen molar-refractivity contribution in [1.82, 2.24) is 5.32 Å². The molecular weight excluding hydrogens is 292 g/mol.